The molecule has 0 aliphatic rings. The predicted octanol–water partition coefficient (Wildman–Crippen LogP) is 27.2. The smallest absolute Gasteiger partial charge is 0.416 e. The molecule has 0 spiro atoms. The number of aryl methyl sites for hydroxylation is 1. The third-order valence-electron chi connectivity index (χ3n) is 19.1. The van der Waals surface area contributed by atoms with Crippen molar-refractivity contribution >= 4 is 52.3 Å². The van der Waals surface area contributed by atoms with Gasteiger partial charge < -0.3 is 68.2 Å². The number of unbranched alkanes of at least 4 members (excludes halogenated alkanes) is 14. The third-order valence-corrected chi connectivity index (χ3v) is 19.1. The van der Waals surface area contributed by atoms with Gasteiger partial charge >= 0.3 is 42.0 Å². The first-order valence-corrected chi connectivity index (χ1v) is 44.1. The fourth-order valence-corrected chi connectivity index (χ4v) is 12.2. The second kappa shape index (κ2) is 60.6. The fourth-order valence-electron chi connectivity index (χ4n) is 12.2. The Morgan fingerprint density at radius 1 is 0.333 bits per heavy atom. The monoisotopic (exact) mass is 1900 g/mol. The number of nitro groups is 1. The summed E-state index contributed by atoms with van der Waals surface area (Å²) in [7, 11) is 0. The molecule has 0 radical (unpaired) electrons. The van der Waals surface area contributed by atoms with Crippen LogP contribution in [0.2, 0.25) is 0 Å². The van der Waals surface area contributed by atoms with E-state index in [4.69, 9.17) is 42.6 Å². The van der Waals surface area contributed by atoms with Gasteiger partial charge in [-0.1, -0.05) is 213 Å². The van der Waals surface area contributed by atoms with E-state index in [2.05, 4.69) is 116 Å². The molecular weight excluding hydrogens is 1770 g/mol. The normalized spacial score (nSPS) is 9.80. The van der Waals surface area contributed by atoms with E-state index in [0.717, 1.165) is 79.8 Å². The molecule has 0 fully saturated rings. The minimum Gasteiger partial charge on any atom is -0.507 e. The highest BCUT2D eigenvalue weighted by molar-refractivity contribution is 5.97. The van der Waals surface area contributed by atoms with Crippen LogP contribution in [-0.4, -0.2) is 72.9 Å². The van der Waals surface area contributed by atoms with Gasteiger partial charge in [-0.15, -0.1) is 0 Å². The van der Waals surface area contributed by atoms with Crippen molar-refractivity contribution in [3.63, 3.8) is 0 Å². The summed E-state index contributed by atoms with van der Waals surface area (Å²) in [6.45, 7) is 10.4. The Bertz CT molecular complexity index is 6500. The average Bonchev–Trinajstić information content (AvgIpc) is 0.826. The number of aromatic hydroxyl groups is 5. The summed E-state index contributed by atoms with van der Waals surface area (Å²) in [6.07, 6.45) is 21.2. The van der Waals surface area contributed by atoms with Crippen LogP contribution in [0.15, 0.2) is 243 Å². The molecule has 138 heavy (non-hydrogen) atoms. The van der Waals surface area contributed by atoms with Gasteiger partial charge in [-0.25, -0.2) is 24.0 Å². The molecule has 0 unspecified atom stereocenters. The van der Waals surface area contributed by atoms with Crippen LogP contribution in [0, 0.1) is 105 Å². The predicted molar refractivity (Wildman–Crippen MR) is 546 cm³/mol. The van der Waals surface area contributed by atoms with E-state index in [1.165, 1.54) is 155 Å². The van der Waals surface area contributed by atoms with Crippen LogP contribution in [0.5, 0.6) is 80.5 Å². The van der Waals surface area contributed by atoms with Crippen LogP contribution in [0.4, 0.5) is 18.9 Å². The molecular formula is C112H128F3NO22. The molecule has 11 rings (SSSR count). The summed E-state index contributed by atoms with van der Waals surface area (Å²) in [4.78, 5) is 82.9. The standard InChI is InChI=1S/C31H14O5.C25H28O4.C23H27F3O3.C20H22O5.C13H9NO5.14H2/c1-3-5-7-9-11-13-17-21-34-26-23-27(35-22-18-14-12-10-8-6-4-2)25-28(24-26)36-31(33)29-19-15-16-20-30(29)32;1-2-3-4-5-6-9-16-28-21-14-15-24(26)23(18-21)25(27)29-22-13-12-19-10-7-8-11-20(19)17-22;1-2-3-4-5-6-7-8-9-17-10-13-19(14-11-17)29-22(28)20-16-18(23(24,25)26)12-15-21(20)27;1-2-3-4-5-13-19(22)24-15-9-8-10-16(14-15)25-20(23)17-11-6-7-12-18(17)21;15-12-7-2-1-6-11(12)13(16)19-10-5-3-4-9(8-10)14(17)18;;;;;;;;;;;;;;/h15-16,19-20,23-25,32H,1-2H3;7-8,10-15,17-18,26H,2-6,9,16H2,1H3;10-16,27H,2-9H2,1H3;6-12,14,21H,2-5,13H2,1H3;1-8,15H;14*1H. The number of phenolic OH excluding ortho intramolecular Hbond substituents is 5. The van der Waals surface area contributed by atoms with Gasteiger partial charge in [0, 0.05) is 92.2 Å². The van der Waals surface area contributed by atoms with Gasteiger partial charge in [0.2, 0.25) is 0 Å². The maximum atomic E-state index is 12.8. The number of fused-ring (bicyclic) bond motifs is 1. The molecule has 26 heteroatoms. The van der Waals surface area contributed by atoms with Crippen LogP contribution in [0.1, 0.15) is 233 Å². The van der Waals surface area contributed by atoms with E-state index in [-0.39, 0.29) is 111 Å². The highest BCUT2D eigenvalue weighted by Crippen LogP contribution is 2.35. The Morgan fingerprint density at radius 2 is 0.710 bits per heavy atom. The Labute approximate surface area is 820 Å². The van der Waals surface area contributed by atoms with Gasteiger partial charge in [0.25, 0.3) is 5.69 Å². The lowest BCUT2D eigenvalue weighted by molar-refractivity contribution is -0.384. The molecule has 0 bridgehead atoms. The molecule has 11 aromatic carbocycles. The maximum absolute atomic E-state index is 12.8. The first-order valence-electron chi connectivity index (χ1n) is 44.1. The number of esters is 6. The molecule has 0 saturated heterocycles. The number of rotatable bonds is 35. The average molecular weight is 1900 g/mol. The van der Waals surface area contributed by atoms with Crippen molar-refractivity contribution in [1.29, 1.82) is 0 Å². The molecule has 0 aliphatic heterocycles. The van der Waals surface area contributed by atoms with Crippen molar-refractivity contribution in [3.8, 4) is 176 Å². The van der Waals surface area contributed by atoms with Crippen LogP contribution in [0.3, 0.4) is 0 Å². The zero-order valence-corrected chi connectivity index (χ0v) is 76.5. The fraction of sp³-hybridized carbons (Fsp3) is 0.232. The van der Waals surface area contributed by atoms with Crippen molar-refractivity contribution < 1.29 is 135 Å². The van der Waals surface area contributed by atoms with E-state index in [1.807, 2.05) is 48.5 Å². The van der Waals surface area contributed by atoms with Crippen molar-refractivity contribution in [2.75, 3.05) is 6.61 Å². The van der Waals surface area contributed by atoms with E-state index in [1.54, 1.807) is 92.7 Å². The van der Waals surface area contributed by atoms with Crippen LogP contribution in [0.25, 0.3) is 10.8 Å². The van der Waals surface area contributed by atoms with E-state index in [9.17, 15) is 77.6 Å². The molecule has 0 heterocycles. The number of ether oxygens (including phenoxy) is 9. The number of hydrogen-bond acceptors (Lipinski definition) is 22. The first-order chi connectivity index (χ1) is 66.8. The Hall–Kier alpha value is -17.4. The zero-order valence-electron chi connectivity index (χ0n) is 76.5. The number of carbonyl (C=O) groups excluding carboxylic acids is 6. The number of nitrogens with zero attached hydrogens (tertiary/aromatic N) is 1. The highest BCUT2D eigenvalue weighted by atomic mass is 19.4. The van der Waals surface area contributed by atoms with Gasteiger partial charge in [0.1, 0.15) is 121 Å². The Balaban J connectivity index is -0.000000281. The summed E-state index contributed by atoms with van der Waals surface area (Å²) in [5, 5.41) is 61.5. The van der Waals surface area contributed by atoms with Crippen molar-refractivity contribution in [1.82, 2.24) is 0 Å². The summed E-state index contributed by atoms with van der Waals surface area (Å²) in [5.41, 5.74) is -0.463. The molecule has 0 saturated carbocycles. The van der Waals surface area contributed by atoms with E-state index < -0.39 is 57.8 Å². The van der Waals surface area contributed by atoms with Crippen molar-refractivity contribution in [3.05, 3.63) is 292 Å². The van der Waals surface area contributed by atoms with Crippen LogP contribution in [-0.2, 0) is 17.4 Å². The summed E-state index contributed by atoms with van der Waals surface area (Å²) < 4.78 is 86.2. The third kappa shape index (κ3) is 40.3. The van der Waals surface area contributed by atoms with Crippen molar-refractivity contribution in [2.45, 2.75) is 163 Å². The lowest BCUT2D eigenvalue weighted by atomic mass is 10.0. The number of non-ortho nitro benzene ring substituents is 1. The molecule has 23 nitrogen and oxygen atoms in total. The molecule has 734 valence electrons. The summed E-state index contributed by atoms with van der Waals surface area (Å²) in [6, 6.07) is 60.9. The number of carbonyl (C=O) groups is 6. The number of nitro benzene ring substituents is 1. The Kier molecular flexibility index (Phi) is 47.2. The number of hydrogen-bond donors (Lipinski definition) is 5. The minimum absolute atomic E-state index is 0. The van der Waals surface area contributed by atoms with Crippen LogP contribution < -0.4 is 42.6 Å². The van der Waals surface area contributed by atoms with Crippen LogP contribution >= 0.6 is 0 Å². The number of benzene rings is 11. The lowest BCUT2D eigenvalue weighted by Crippen LogP contribution is -2.12. The minimum atomic E-state index is -4.61. The molecule has 5 N–H and O–H groups in total. The number of alkyl halides is 3. The topological polar surface area (TPSA) is 330 Å². The number of para-hydroxylation sites is 3. The van der Waals surface area contributed by atoms with Gasteiger partial charge in [0.15, 0.2) is 0 Å². The quantitative estimate of drug-likeness (QED) is 0.00615. The van der Waals surface area contributed by atoms with Gasteiger partial charge in [0.05, 0.1) is 23.2 Å². The second-order valence-corrected chi connectivity index (χ2v) is 29.6. The van der Waals surface area contributed by atoms with E-state index >= 15 is 0 Å². The molecule has 11 aromatic rings. The van der Waals surface area contributed by atoms with Gasteiger partial charge in [-0.05, 0) is 207 Å². The highest BCUT2D eigenvalue weighted by Gasteiger charge is 2.32. The SMILES string of the molecule is CC#CC#CC#CC#COc1cc(OC#CC#CC#CC#CC)cc(OC(=O)c2ccccc2O)c1.CCCCCCC(=O)Oc1cccc(OC(=O)c2ccccc2O)c1.CCCCCCCCCc1ccc(OC(=O)c2cc(C(F)(F)F)ccc2O)cc1.CCCCCCCCOc1ccc(O)c(C(=O)Oc2ccc3ccccc3c2)c1.O=C(Oc1cccc([N+](=O)[O-])c1)c1ccccc1O.[HH].[HH].[HH].[HH].[HH].[HH].[HH].[HH].[HH].[HH].[HH].[HH].[HH].[HH]. The molecule has 0 amide bonds. The lowest BCUT2D eigenvalue weighted by Gasteiger charge is -2.10. The second-order valence-electron chi connectivity index (χ2n) is 29.6. The number of phenols is 5. The summed E-state index contributed by atoms with van der Waals surface area (Å²) in [5.74, 6) is 32.1. The van der Waals surface area contributed by atoms with Gasteiger partial charge in [-0.3, -0.25) is 14.9 Å². The maximum Gasteiger partial charge on any atom is 0.416 e. The molecule has 0 aromatic heterocycles. The molecule has 0 aliphatic carbocycles. The Morgan fingerprint density at radius 3 is 1.22 bits per heavy atom. The number of halogens is 3. The van der Waals surface area contributed by atoms with Gasteiger partial charge in [-0.2, -0.15) is 13.2 Å². The zero-order chi connectivity index (χ0) is 99.5. The van der Waals surface area contributed by atoms with E-state index in [0.29, 0.717) is 42.4 Å². The largest absolute Gasteiger partial charge is 0.507 e. The molecule has 0 atom stereocenters. The summed E-state index contributed by atoms with van der Waals surface area (Å²) >= 11 is 0. The van der Waals surface area contributed by atoms with Crippen molar-refractivity contribution in [2.24, 2.45) is 0 Å². The first kappa shape index (κ1) is 108.